The van der Waals surface area contributed by atoms with E-state index >= 15 is 0 Å². The molecule has 45 heavy (non-hydrogen) atoms. The van der Waals surface area contributed by atoms with Crippen molar-refractivity contribution in [1.82, 2.24) is 4.90 Å². The van der Waals surface area contributed by atoms with E-state index in [4.69, 9.17) is 5.73 Å². The molecular weight excluding hydrogens is 588 g/mol. The summed E-state index contributed by atoms with van der Waals surface area (Å²) in [4.78, 5) is 67.5. The fraction of sp³-hybridized carbons (Fsp3) is 0.323. The standard InChI is InChI=1S/C31H32N4O10/c1-34(2)18-11-17(33-29(42)13-7-5-6-8-14(13)30(43)44)23(36)20-15(18)9-12-10-16-22(35(3)4)25(38)21(28(32)41)27(40)31(16,45)26(39)19(12)24(20)37/h5-8,11-12,16,22,36-37,40,45H,9-10H2,1-4H3,(H2,32,41)(H,33,42)(H,43,44). The smallest absolute Gasteiger partial charge is 0.336 e. The Morgan fingerprint density at radius 2 is 1.64 bits per heavy atom. The van der Waals surface area contributed by atoms with Gasteiger partial charge in [-0.1, -0.05) is 12.1 Å². The summed E-state index contributed by atoms with van der Waals surface area (Å²) >= 11 is 0. The van der Waals surface area contributed by atoms with Crippen LogP contribution in [0.1, 0.15) is 38.3 Å². The number of carboxylic acids is 1. The van der Waals surface area contributed by atoms with Crippen LogP contribution in [0, 0.1) is 11.8 Å². The van der Waals surface area contributed by atoms with Gasteiger partial charge in [-0.05, 0) is 56.6 Å². The van der Waals surface area contributed by atoms with Crippen LogP contribution in [0.2, 0.25) is 0 Å². The fourth-order valence-electron chi connectivity index (χ4n) is 6.84. The number of primary amides is 1. The van der Waals surface area contributed by atoms with Crippen molar-refractivity contribution in [3.63, 3.8) is 0 Å². The third kappa shape index (κ3) is 4.52. The first-order valence-electron chi connectivity index (χ1n) is 13.9. The molecule has 2 aromatic carbocycles. The summed E-state index contributed by atoms with van der Waals surface area (Å²) in [7, 11) is 6.38. The maximum atomic E-state index is 14.1. The average molecular weight is 621 g/mol. The predicted octanol–water partition coefficient (Wildman–Crippen LogP) is 0.981. The number of aliphatic hydroxyl groups is 3. The van der Waals surface area contributed by atoms with Gasteiger partial charge in [0.15, 0.2) is 11.4 Å². The van der Waals surface area contributed by atoms with Crippen LogP contribution in [0.4, 0.5) is 11.4 Å². The van der Waals surface area contributed by atoms with Gasteiger partial charge in [0, 0.05) is 31.3 Å². The Morgan fingerprint density at radius 1 is 1.02 bits per heavy atom. The number of nitrogens with two attached hydrogens (primary N) is 1. The summed E-state index contributed by atoms with van der Waals surface area (Å²) in [5, 5.41) is 57.8. The number of ketones is 2. The zero-order chi connectivity index (χ0) is 33.3. The molecule has 5 rings (SSSR count). The Morgan fingerprint density at radius 3 is 2.20 bits per heavy atom. The molecule has 236 valence electrons. The fourth-order valence-corrected chi connectivity index (χ4v) is 6.84. The number of hydrogen-bond donors (Lipinski definition) is 7. The van der Waals surface area contributed by atoms with Crippen molar-refractivity contribution in [2.45, 2.75) is 24.5 Å². The van der Waals surface area contributed by atoms with Crippen molar-refractivity contribution in [3.8, 4) is 5.75 Å². The first-order valence-corrected chi connectivity index (χ1v) is 13.9. The average Bonchev–Trinajstić information content (AvgIpc) is 2.95. The number of nitrogens with zero attached hydrogens (tertiary/aromatic N) is 2. The maximum Gasteiger partial charge on any atom is 0.336 e. The van der Waals surface area contributed by atoms with Crippen molar-refractivity contribution in [2.75, 3.05) is 38.4 Å². The zero-order valence-corrected chi connectivity index (χ0v) is 24.8. The van der Waals surface area contributed by atoms with E-state index in [-0.39, 0.29) is 40.8 Å². The Bertz CT molecular complexity index is 1780. The van der Waals surface area contributed by atoms with Gasteiger partial charge in [0.05, 0.1) is 28.4 Å². The summed E-state index contributed by atoms with van der Waals surface area (Å²) in [5.41, 5.74) is 1.23. The molecule has 0 bridgehead atoms. The number of hydrogen-bond acceptors (Lipinski definition) is 11. The third-order valence-electron chi connectivity index (χ3n) is 8.83. The van der Waals surface area contributed by atoms with Gasteiger partial charge < -0.3 is 41.5 Å². The SMILES string of the molecule is CN(C)c1cc(NC(=O)c2ccccc2C(=O)O)c(O)c2c1CC1CC3C(N(C)C)C(=O)C(C(N)=O)=C(O)C3(O)C(=O)C1=C2O. The van der Waals surface area contributed by atoms with Gasteiger partial charge in [-0.2, -0.15) is 0 Å². The molecule has 4 atom stereocenters. The molecule has 0 saturated heterocycles. The maximum absolute atomic E-state index is 14.1. The molecule has 8 N–H and O–H groups in total. The van der Waals surface area contributed by atoms with E-state index in [0.29, 0.717) is 11.3 Å². The summed E-state index contributed by atoms with van der Waals surface area (Å²) < 4.78 is 0. The van der Waals surface area contributed by atoms with Crippen molar-refractivity contribution in [3.05, 3.63) is 69.5 Å². The van der Waals surface area contributed by atoms with E-state index in [9.17, 15) is 49.5 Å². The van der Waals surface area contributed by atoms with E-state index in [1.54, 1.807) is 19.0 Å². The summed E-state index contributed by atoms with van der Waals surface area (Å²) in [5.74, 6) is -10.1. The molecule has 2 aromatic rings. The van der Waals surface area contributed by atoms with Crippen LogP contribution in [0.3, 0.4) is 0 Å². The number of anilines is 2. The van der Waals surface area contributed by atoms with Gasteiger partial charge in [0.1, 0.15) is 22.8 Å². The van der Waals surface area contributed by atoms with E-state index in [1.807, 2.05) is 0 Å². The number of phenolic OH excluding ortho intramolecular Hbond substituents is 1. The Labute approximate surface area is 256 Å². The topological polar surface area (TPSA) is 231 Å². The van der Waals surface area contributed by atoms with E-state index in [1.165, 1.54) is 49.3 Å². The lowest BCUT2D eigenvalue weighted by Crippen LogP contribution is -2.65. The Kier molecular flexibility index (Phi) is 7.46. The second-order valence-electron chi connectivity index (χ2n) is 11.8. The van der Waals surface area contributed by atoms with Crippen molar-refractivity contribution < 1.29 is 49.5 Å². The minimum absolute atomic E-state index is 0.0473. The molecule has 14 nitrogen and oxygen atoms in total. The number of nitrogens with one attached hydrogen (secondary N) is 1. The lowest BCUT2D eigenvalue weighted by atomic mass is 9.57. The first kappa shape index (κ1) is 31.2. The largest absolute Gasteiger partial charge is 0.508 e. The highest BCUT2D eigenvalue weighted by molar-refractivity contribution is 6.24. The quantitative estimate of drug-likeness (QED) is 0.177. The molecule has 3 aliphatic rings. The summed E-state index contributed by atoms with van der Waals surface area (Å²) in [6.45, 7) is 0. The molecule has 0 radical (unpaired) electrons. The molecule has 0 aromatic heterocycles. The number of fused-ring (bicyclic) bond motifs is 3. The van der Waals surface area contributed by atoms with Gasteiger partial charge in [-0.15, -0.1) is 0 Å². The molecular formula is C31H32N4O10. The van der Waals surface area contributed by atoms with Crippen molar-refractivity contribution in [1.29, 1.82) is 0 Å². The Balaban J connectivity index is 1.69. The second kappa shape index (κ2) is 10.7. The highest BCUT2D eigenvalue weighted by Crippen LogP contribution is 2.54. The lowest BCUT2D eigenvalue weighted by Gasteiger charge is -2.50. The van der Waals surface area contributed by atoms with Crippen LogP contribution in [0.25, 0.3) is 5.76 Å². The minimum Gasteiger partial charge on any atom is -0.508 e. The molecule has 0 heterocycles. The number of carbonyl (C=O) groups is 5. The molecule has 2 amide bonds. The number of aromatic hydroxyl groups is 1. The summed E-state index contributed by atoms with van der Waals surface area (Å²) in [6, 6.07) is 5.68. The number of rotatable bonds is 6. The molecule has 14 heteroatoms. The van der Waals surface area contributed by atoms with E-state index in [0.717, 1.165) is 0 Å². The molecule has 1 saturated carbocycles. The first-order chi connectivity index (χ1) is 21.0. The van der Waals surface area contributed by atoms with E-state index in [2.05, 4.69) is 5.32 Å². The molecule has 0 aliphatic heterocycles. The van der Waals surface area contributed by atoms with Crippen LogP contribution in [-0.2, 0) is 20.8 Å². The number of Topliss-reactive ketones (excluding diaryl/α,β-unsaturated/α-hetero) is 2. The van der Waals surface area contributed by atoms with Crippen LogP contribution >= 0.6 is 0 Å². The normalized spacial score (nSPS) is 24.2. The number of aliphatic hydroxyl groups excluding tert-OH is 2. The predicted molar refractivity (Wildman–Crippen MR) is 160 cm³/mol. The molecule has 0 spiro atoms. The highest BCUT2D eigenvalue weighted by atomic mass is 16.4. The number of carbonyl (C=O) groups excluding carboxylic acids is 4. The third-order valence-corrected chi connectivity index (χ3v) is 8.83. The molecule has 4 unspecified atom stereocenters. The zero-order valence-electron chi connectivity index (χ0n) is 24.8. The Hall–Kier alpha value is -5.21. The van der Waals surface area contributed by atoms with Crippen LogP contribution in [0.5, 0.6) is 5.75 Å². The van der Waals surface area contributed by atoms with Crippen molar-refractivity contribution >= 4 is 46.5 Å². The van der Waals surface area contributed by atoms with E-state index < -0.39 is 75.7 Å². The van der Waals surface area contributed by atoms with Gasteiger partial charge in [0.25, 0.3) is 11.8 Å². The number of aromatic carboxylic acids is 1. The summed E-state index contributed by atoms with van der Waals surface area (Å²) in [6.07, 6.45) is -0.0322. The number of benzene rings is 2. The number of amides is 2. The number of likely N-dealkylation sites (N-methyl/N-ethyl adjacent to an activating group) is 1. The molecule has 3 aliphatic carbocycles. The number of carboxylic acid groups (broad SMARTS) is 1. The minimum atomic E-state index is -2.79. The van der Waals surface area contributed by atoms with Gasteiger partial charge in [0.2, 0.25) is 5.78 Å². The lowest BCUT2D eigenvalue weighted by molar-refractivity contribution is -0.153. The highest BCUT2D eigenvalue weighted by Gasteiger charge is 2.64. The second-order valence-corrected chi connectivity index (χ2v) is 11.8. The molecule has 1 fully saturated rings. The van der Waals surface area contributed by atoms with Crippen molar-refractivity contribution in [2.24, 2.45) is 17.6 Å². The van der Waals surface area contributed by atoms with Crippen LogP contribution in [0.15, 0.2) is 47.2 Å². The van der Waals surface area contributed by atoms with Gasteiger partial charge in [-0.25, -0.2) is 4.79 Å². The van der Waals surface area contributed by atoms with Gasteiger partial charge in [-0.3, -0.25) is 24.1 Å². The van der Waals surface area contributed by atoms with Gasteiger partial charge >= 0.3 is 5.97 Å². The number of phenols is 1. The van der Waals surface area contributed by atoms with Crippen LogP contribution in [-0.4, -0.2) is 99.6 Å². The van der Waals surface area contributed by atoms with Crippen LogP contribution < -0.4 is 16.0 Å². The monoisotopic (exact) mass is 620 g/mol.